The molecule has 0 radical (unpaired) electrons. The van der Waals surface area contributed by atoms with Crippen LogP contribution in [-0.2, 0) is 4.79 Å². The van der Waals surface area contributed by atoms with Gasteiger partial charge >= 0.3 is 0 Å². The van der Waals surface area contributed by atoms with Gasteiger partial charge in [0.25, 0.3) is 0 Å². The molecule has 2 aliphatic heterocycles. The Labute approximate surface area is 150 Å². The summed E-state index contributed by atoms with van der Waals surface area (Å²) in [7, 11) is 2.18. The van der Waals surface area contributed by atoms with Crippen LogP contribution in [0.25, 0.3) is 0 Å². The summed E-state index contributed by atoms with van der Waals surface area (Å²) < 4.78 is 0. The molecule has 0 spiro atoms. The number of benzene rings is 1. The largest absolute Gasteiger partial charge is 0.369 e. The van der Waals surface area contributed by atoms with Crippen molar-refractivity contribution in [2.24, 2.45) is 0 Å². The van der Waals surface area contributed by atoms with Gasteiger partial charge in [0.05, 0.1) is 0 Å². The topological polar surface area (TPSA) is 26.8 Å². The van der Waals surface area contributed by atoms with Gasteiger partial charge in [-0.2, -0.15) is 0 Å². The van der Waals surface area contributed by atoms with Gasteiger partial charge < -0.3 is 14.7 Å². The van der Waals surface area contributed by atoms with Gasteiger partial charge in [0.1, 0.15) is 4.99 Å². The van der Waals surface area contributed by atoms with Crippen LogP contribution in [0.3, 0.4) is 0 Å². The summed E-state index contributed by atoms with van der Waals surface area (Å²) in [5.41, 5.74) is 4.02. The fourth-order valence-corrected chi connectivity index (χ4v) is 4.23. The number of rotatable bonds is 2. The molecule has 4 nitrogen and oxygen atoms in total. The first kappa shape index (κ1) is 17.2. The predicted molar refractivity (Wildman–Crippen MR) is 103 cm³/mol. The van der Waals surface area contributed by atoms with Crippen LogP contribution in [-0.4, -0.2) is 60.0 Å². The summed E-state index contributed by atoms with van der Waals surface area (Å²) in [5, 5.41) is 0. The van der Waals surface area contributed by atoms with Crippen molar-refractivity contribution in [3.05, 3.63) is 29.3 Å². The molecule has 5 heteroatoms. The van der Waals surface area contributed by atoms with Gasteiger partial charge in [-0.3, -0.25) is 4.79 Å². The smallest absolute Gasteiger partial charge is 0.209 e. The minimum atomic E-state index is 0.180. The van der Waals surface area contributed by atoms with E-state index in [1.165, 1.54) is 11.3 Å². The summed E-state index contributed by atoms with van der Waals surface area (Å²) in [4.78, 5) is 18.2. The number of carbonyl (C=O) groups is 1. The van der Waals surface area contributed by atoms with Crippen LogP contribution in [0.2, 0.25) is 0 Å². The van der Waals surface area contributed by atoms with Gasteiger partial charge in [0, 0.05) is 50.0 Å². The van der Waals surface area contributed by atoms with Crippen LogP contribution < -0.4 is 4.90 Å². The zero-order valence-corrected chi connectivity index (χ0v) is 15.9. The van der Waals surface area contributed by atoms with E-state index in [0.29, 0.717) is 5.92 Å². The number of nitrogens with zero attached hydrogens (tertiary/aromatic N) is 3. The van der Waals surface area contributed by atoms with E-state index in [9.17, 15) is 4.79 Å². The van der Waals surface area contributed by atoms with Crippen molar-refractivity contribution in [3.8, 4) is 0 Å². The fraction of sp³-hybridized carbons (Fsp3) is 0.579. The zero-order chi connectivity index (χ0) is 17.5. The van der Waals surface area contributed by atoms with Gasteiger partial charge in [-0.05, 0) is 49.9 Å². The Morgan fingerprint density at radius 3 is 2.54 bits per heavy atom. The Bertz CT molecular complexity index is 650. The lowest BCUT2D eigenvalue weighted by Gasteiger charge is -2.45. The lowest BCUT2D eigenvalue weighted by atomic mass is 9.80. The zero-order valence-electron chi connectivity index (χ0n) is 15.1. The first-order valence-electron chi connectivity index (χ1n) is 8.70. The van der Waals surface area contributed by atoms with Crippen LogP contribution in [0, 0.1) is 0 Å². The second-order valence-corrected chi connectivity index (χ2v) is 8.07. The average Bonchev–Trinajstić information content (AvgIpc) is 2.58. The third-order valence-corrected chi connectivity index (χ3v) is 6.12. The Morgan fingerprint density at radius 2 is 1.92 bits per heavy atom. The minimum Gasteiger partial charge on any atom is -0.369 e. The monoisotopic (exact) mass is 345 g/mol. The lowest BCUT2D eigenvalue weighted by molar-refractivity contribution is -0.119. The molecule has 1 atom stereocenters. The van der Waals surface area contributed by atoms with E-state index in [1.54, 1.807) is 0 Å². The number of hydrogen-bond acceptors (Lipinski definition) is 3. The van der Waals surface area contributed by atoms with Crippen LogP contribution in [0.15, 0.2) is 18.2 Å². The maximum absolute atomic E-state index is 10.9. The van der Waals surface area contributed by atoms with Crippen LogP contribution in [0.4, 0.5) is 5.69 Å². The van der Waals surface area contributed by atoms with Gasteiger partial charge in [0.15, 0.2) is 0 Å². The predicted octanol–water partition coefficient (Wildman–Crippen LogP) is 2.86. The standard InChI is InChI=1S/C19H27N3OS/c1-14-12-19(2,3)20(4)17-6-5-15(11-16(14)17)18(24)22-9-7-21(13-23)8-10-22/h5-6,11,13-14H,7-10,12H2,1-4H3/t14-/m1/s1. The molecule has 130 valence electrons. The number of piperazine rings is 1. The summed E-state index contributed by atoms with van der Waals surface area (Å²) in [6, 6.07) is 6.65. The SMILES string of the molecule is C[C@@H]1CC(C)(C)N(C)c2ccc(C(=S)N3CCN(C=O)CC3)cc21. The highest BCUT2D eigenvalue weighted by Crippen LogP contribution is 2.42. The Morgan fingerprint density at radius 1 is 1.25 bits per heavy atom. The summed E-state index contributed by atoms with van der Waals surface area (Å²) in [6.07, 6.45) is 2.07. The van der Waals surface area contributed by atoms with Crippen molar-refractivity contribution in [2.45, 2.75) is 38.6 Å². The summed E-state index contributed by atoms with van der Waals surface area (Å²) in [6.45, 7) is 10.1. The highest BCUT2D eigenvalue weighted by atomic mass is 32.1. The lowest BCUT2D eigenvalue weighted by Crippen LogP contribution is -2.48. The minimum absolute atomic E-state index is 0.180. The van der Waals surface area contributed by atoms with Crippen molar-refractivity contribution < 1.29 is 4.79 Å². The molecule has 0 bridgehead atoms. The quantitative estimate of drug-likeness (QED) is 0.608. The molecule has 3 rings (SSSR count). The van der Waals surface area contributed by atoms with E-state index >= 15 is 0 Å². The van der Waals surface area contributed by atoms with Crippen molar-refractivity contribution in [1.29, 1.82) is 0 Å². The number of carbonyl (C=O) groups excluding carboxylic acids is 1. The summed E-state index contributed by atoms with van der Waals surface area (Å²) >= 11 is 5.74. The fourth-order valence-electron chi connectivity index (χ4n) is 3.92. The molecule has 1 aromatic rings. The molecule has 1 aromatic carbocycles. The van der Waals surface area contributed by atoms with Gasteiger partial charge in [-0.15, -0.1) is 0 Å². The van der Waals surface area contributed by atoms with E-state index in [2.05, 4.69) is 55.8 Å². The highest BCUT2D eigenvalue weighted by Gasteiger charge is 2.34. The van der Waals surface area contributed by atoms with Crippen molar-refractivity contribution in [2.75, 3.05) is 38.1 Å². The van der Waals surface area contributed by atoms with E-state index in [0.717, 1.165) is 49.6 Å². The number of thiocarbonyl (C=S) groups is 1. The maximum atomic E-state index is 10.9. The van der Waals surface area contributed by atoms with Gasteiger partial charge in [-0.1, -0.05) is 19.1 Å². The Hall–Kier alpha value is -1.62. The summed E-state index contributed by atoms with van der Waals surface area (Å²) in [5.74, 6) is 0.529. The van der Waals surface area contributed by atoms with E-state index < -0.39 is 0 Å². The molecular weight excluding hydrogens is 318 g/mol. The first-order valence-corrected chi connectivity index (χ1v) is 9.11. The molecule has 0 N–H and O–H groups in total. The molecule has 1 amide bonds. The molecule has 1 saturated heterocycles. The maximum Gasteiger partial charge on any atom is 0.209 e. The third-order valence-electron chi connectivity index (χ3n) is 5.63. The van der Waals surface area contributed by atoms with E-state index in [4.69, 9.17) is 12.2 Å². The number of anilines is 1. The molecular formula is C19H27N3OS. The highest BCUT2D eigenvalue weighted by molar-refractivity contribution is 7.80. The van der Waals surface area contributed by atoms with Crippen LogP contribution >= 0.6 is 12.2 Å². The molecule has 0 aliphatic carbocycles. The van der Waals surface area contributed by atoms with Crippen molar-refractivity contribution in [3.63, 3.8) is 0 Å². The molecule has 0 unspecified atom stereocenters. The van der Waals surface area contributed by atoms with E-state index in [-0.39, 0.29) is 5.54 Å². The molecule has 1 fully saturated rings. The van der Waals surface area contributed by atoms with Gasteiger partial charge in [0.2, 0.25) is 6.41 Å². The normalized spacial score (nSPS) is 23.0. The molecule has 0 aromatic heterocycles. The second kappa shape index (κ2) is 6.36. The number of fused-ring (bicyclic) bond motifs is 1. The number of hydrogen-bond donors (Lipinski definition) is 0. The third kappa shape index (κ3) is 3.02. The van der Waals surface area contributed by atoms with Crippen LogP contribution in [0.5, 0.6) is 0 Å². The molecule has 24 heavy (non-hydrogen) atoms. The number of amides is 1. The second-order valence-electron chi connectivity index (χ2n) is 7.68. The van der Waals surface area contributed by atoms with Crippen molar-refractivity contribution >= 4 is 29.3 Å². The van der Waals surface area contributed by atoms with Crippen molar-refractivity contribution in [1.82, 2.24) is 9.80 Å². The Balaban J connectivity index is 1.83. The average molecular weight is 346 g/mol. The molecule has 0 saturated carbocycles. The molecule has 2 heterocycles. The van der Waals surface area contributed by atoms with Crippen LogP contribution in [0.1, 0.15) is 44.2 Å². The first-order chi connectivity index (χ1) is 11.3. The van der Waals surface area contributed by atoms with E-state index in [1.807, 2.05) is 4.90 Å². The Kier molecular flexibility index (Phi) is 4.56. The van der Waals surface area contributed by atoms with Gasteiger partial charge in [-0.25, -0.2) is 0 Å². The molecule has 2 aliphatic rings.